The lowest BCUT2D eigenvalue weighted by Gasteiger charge is -2.11. The van der Waals surface area contributed by atoms with Gasteiger partial charge in [0.25, 0.3) is 0 Å². The van der Waals surface area contributed by atoms with E-state index in [9.17, 15) is 4.79 Å². The van der Waals surface area contributed by atoms with Crippen LogP contribution in [0.25, 0.3) is 0 Å². The third-order valence-electron chi connectivity index (χ3n) is 2.54. The Hall–Kier alpha value is -0.790. The van der Waals surface area contributed by atoms with Crippen LogP contribution in [0.4, 0.5) is 0 Å². The molecular formula is C14H26O2. The summed E-state index contributed by atoms with van der Waals surface area (Å²) in [5.74, 6) is 0.521. The number of carbonyl (C=O) groups excluding carboxylic acids is 1. The van der Waals surface area contributed by atoms with E-state index in [0.717, 1.165) is 12.8 Å². The summed E-state index contributed by atoms with van der Waals surface area (Å²) in [4.78, 5) is 11.2. The van der Waals surface area contributed by atoms with Crippen molar-refractivity contribution < 1.29 is 9.53 Å². The molecule has 94 valence electrons. The first-order valence-corrected chi connectivity index (χ1v) is 6.23. The molecule has 2 nitrogen and oxygen atoms in total. The van der Waals surface area contributed by atoms with Gasteiger partial charge in [-0.2, -0.15) is 0 Å². The fourth-order valence-corrected chi connectivity index (χ4v) is 1.33. The quantitative estimate of drug-likeness (QED) is 0.485. The van der Waals surface area contributed by atoms with Gasteiger partial charge in [-0.25, -0.2) is 0 Å². The molecule has 2 heteroatoms. The van der Waals surface area contributed by atoms with Gasteiger partial charge in [0.05, 0.1) is 12.5 Å². The van der Waals surface area contributed by atoms with Gasteiger partial charge in [-0.1, -0.05) is 32.4 Å². The Kier molecular flexibility index (Phi) is 7.96. The molecule has 16 heavy (non-hydrogen) atoms. The van der Waals surface area contributed by atoms with Crippen molar-refractivity contribution in [3.63, 3.8) is 0 Å². The van der Waals surface area contributed by atoms with Crippen molar-refractivity contribution in [1.82, 2.24) is 0 Å². The minimum Gasteiger partial charge on any atom is -0.465 e. The first-order chi connectivity index (χ1) is 7.43. The van der Waals surface area contributed by atoms with E-state index in [1.165, 1.54) is 12.0 Å². The summed E-state index contributed by atoms with van der Waals surface area (Å²) in [5.41, 5.74) is 1.37. The molecule has 0 aliphatic carbocycles. The van der Waals surface area contributed by atoms with Crippen LogP contribution in [-0.4, -0.2) is 12.6 Å². The monoisotopic (exact) mass is 226 g/mol. The first-order valence-electron chi connectivity index (χ1n) is 6.23. The molecule has 0 spiro atoms. The summed E-state index contributed by atoms with van der Waals surface area (Å²) >= 11 is 0. The van der Waals surface area contributed by atoms with E-state index >= 15 is 0 Å². The van der Waals surface area contributed by atoms with Crippen molar-refractivity contribution in [3.8, 4) is 0 Å². The van der Waals surface area contributed by atoms with Crippen LogP contribution in [0.2, 0.25) is 0 Å². The topological polar surface area (TPSA) is 26.3 Å². The van der Waals surface area contributed by atoms with Gasteiger partial charge in [0.2, 0.25) is 0 Å². The van der Waals surface area contributed by atoms with Crippen molar-refractivity contribution in [3.05, 3.63) is 11.6 Å². The van der Waals surface area contributed by atoms with Crippen LogP contribution >= 0.6 is 0 Å². The zero-order chi connectivity index (χ0) is 12.6. The largest absolute Gasteiger partial charge is 0.465 e. The second kappa shape index (κ2) is 8.37. The summed E-state index contributed by atoms with van der Waals surface area (Å²) in [6.07, 6.45) is 5.53. The van der Waals surface area contributed by atoms with Crippen LogP contribution in [0.1, 0.15) is 53.9 Å². The van der Waals surface area contributed by atoms with E-state index in [-0.39, 0.29) is 11.9 Å². The predicted octanol–water partition coefficient (Wildman–Crippen LogP) is 3.96. The SMILES string of the molecule is CC(C)=CCCC(C)CCOC(=O)C(C)C. The van der Waals surface area contributed by atoms with Crippen molar-refractivity contribution in [2.45, 2.75) is 53.9 Å². The summed E-state index contributed by atoms with van der Waals surface area (Å²) < 4.78 is 5.15. The molecule has 0 aromatic carbocycles. The minimum atomic E-state index is -0.0866. The zero-order valence-corrected chi connectivity index (χ0v) is 11.4. The molecule has 0 aliphatic rings. The van der Waals surface area contributed by atoms with E-state index in [4.69, 9.17) is 4.74 Å². The summed E-state index contributed by atoms with van der Waals surface area (Å²) in [5, 5.41) is 0. The van der Waals surface area contributed by atoms with Crippen LogP contribution in [0.5, 0.6) is 0 Å². The van der Waals surface area contributed by atoms with E-state index in [1.54, 1.807) is 0 Å². The summed E-state index contributed by atoms with van der Waals surface area (Å²) in [6, 6.07) is 0. The van der Waals surface area contributed by atoms with Crippen LogP contribution in [0.15, 0.2) is 11.6 Å². The molecule has 0 aliphatic heterocycles. The zero-order valence-electron chi connectivity index (χ0n) is 11.4. The van der Waals surface area contributed by atoms with Crippen LogP contribution < -0.4 is 0 Å². The average Bonchev–Trinajstić information content (AvgIpc) is 2.16. The molecule has 0 saturated heterocycles. The second-order valence-electron chi connectivity index (χ2n) is 5.07. The lowest BCUT2D eigenvalue weighted by molar-refractivity contribution is -0.147. The highest BCUT2D eigenvalue weighted by molar-refractivity contribution is 5.71. The third-order valence-corrected chi connectivity index (χ3v) is 2.54. The Morgan fingerprint density at radius 2 is 1.81 bits per heavy atom. The second-order valence-corrected chi connectivity index (χ2v) is 5.07. The summed E-state index contributed by atoms with van der Waals surface area (Å²) in [7, 11) is 0. The Morgan fingerprint density at radius 1 is 1.19 bits per heavy atom. The number of carbonyl (C=O) groups is 1. The highest BCUT2D eigenvalue weighted by Crippen LogP contribution is 2.12. The molecule has 0 bridgehead atoms. The molecule has 0 fully saturated rings. The number of hydrogen-bond acceptors (Lipinski definition) is 2. The third kappa shape index (κ3) is 8.51. The van der Waals surface area contributed by atoms with E-state index in [1.807, 2.05) is 13.8 Å². The lowest BCUT2D eigenvalue weighted by Crippen LogP contribution is -2.13. The first kappa shape index (κ1) is 15.2. The Labute approximate surface area is 100 Å². The highest BCUT2D eigenvalue weighted by atomic mass is 16.5. The highest BCUT2D eigenvalue weighted by Gasteiger charge is 2.08. The number of rotatable bonds is 7. The molecule has 1 atom stereocenters. The molecule has 0 aromatic rings. The lowest BCUT2D eigenvalue weighted by atomic mass is 10.0. The van der Waals surface area contributed by atoms with E-state index in [0.29, 0.717) is 12.5 Å². The van der Waals surface area contributed by atoms with Gasteiger partial charge in [-0.15, -0.1) is 0 Å². The van der Waals surface area contributed by atoms with Crippen LogP contribution in [0, 0.1) is 11.8 Å². The maximum Gasteiger partial charge on any atom is 0.308 e. The number of allylic oxidation sites excluding steroid dienone is 2. The molecule has 0 amide bonds. The van der Waals surface area contributed by atoms with Gasteiger partial charge in [0.1, 0.15) is 0 Å². The molecular weight excluding hydrogens is 200 g/mol. The molecule has 0 aromatic heterocycles. The number of ether oxygens (including phenoxy) is 1. The van der Waals surface area contributed by atoms with Crippen LogP contribution in [0.3, 0.4) is 0 Å². The van der Waals surface area contributed by atoms with Gasteiger partial charge in [-0.3, -0.25) is 4.79 Å². The smallest absolute Gasteiger partial charge is 0.308 e. The summed E-state index contributed by atoms with van der Waals surface area (Å²) in [6.45, 7) is 10.7. The van der Waals surface area contributed by atoms with E-state index in [2.05, 4.69) is 26.8 Å². The fourth-order valence-electron chi connectivity index (χ4n) is 1.33. The number of hydrogen-bond donors (Lipinski definition) is 0. The maximum absolute atomic E-state index is 11.2. The van der Waals surface area contributed by atoms with Gasteiger partial charge in [-0.05, 0) is 39.0 Å². The molecule has 0 heterocycles. The van der Waals surface area contributed by atoms with Gasteiger partial charge < -0.3 is 4.74 Å². The van der Waals surface area contributed by atoms with Crippen molar-refractivity contribution in [1.29, 1.82) is 0 Å². The van der Waals surface area contributed by atoms with Gasteiger partial charge >= 0.3 is 5.97 Å². The molecule has 0 rings (SSSR count). The van der Waals surface area contributed by atoms with Gasteiger partial charge in [0.15, 0.2) is 0 Å². The van der Waals surface area contributed by atoms with E-state index < -0.39 is 0 Å². The Morgan fingerprint density at radius 3 is 2.31 bits per heavy atom. The van der Waals surface area contributed by atoms with Crippen molar-refractivity contribution >= 4 is 5.97 Å². The number of esters is 1. The van der Waals surface area contributed by atoms with Gasteiger partial charge in [0, 0.05) is 0 Å². The van der Waals surface area contributed by atoms with Crippen molar-refractivity contribution in [2.75, 3.05) is 6.61 Å². The molecule has 0 N–H and O–H groups in total. The molecule has 0 radical (unpaired) electrons. The Balaban J connectivity index is 3.54. The fraction of sp³-hybridized carbons (Fsp3) is 0.786. The Bertz CT molecular complexity index is 225. The standard InChI is InChI=1S/C14H26O2/c1-11(2)7-6-8-13(5)9-10-16-14(15)12(3)4/h7,12-13H,6,8-10H2,1-5H3. The average molecular weight is 226 g/mol. The molecule has 1 unspecified atom stereocenters. The van der Waals surface area contributed by atoms with Crippen molar-refractivity contribution in [2.24, 2.45) is 11.8 Å². The maximum atomic E-state index is 11.2. The molecule has 0 saturated carbocycles. The van der Waals surface area contributed by atoms with Crippen LogP contribution in [-0.2, 0) is 9.53 Å². The normalized spacial score (nSPS) is 12.4. The predicted molar refractivity (Wildman–Crippen MR) is 68.2 cm³/mol. The minimum absolute atomic E-state index is 0.0130.